The Balaban J connectivity index is 2.08. The summed E-state index contributed by atoms with van der Waals surface area (Å²) in [5.41, 5.74) is 1.40. The molecule has 120 valence electrons. The molecule has 1 aliphatic heterocycles. The lowest BCUT2D eigenvalue weighted by Gasteiger charge is -2.18. The number of nitrogens with zero attached hydrogens (tertiary/aromatic N) is 4. The van der Waals surface area contributed by atoms with Crippen LogP contribution in [0.4, 0.5) is 5.82 Å². The lowest BCUT2D eigenvalue weighted by Crippen LogP contribution is -2.16. The first-order valence-corrected chi connectivity index (χ1v) is 7.78. The van der Waals surface area contributed by atoms with E-state index in [1.54, 1.807) is 13.4 Å². The Hall–Kier alpha value is -1.73. The van der Waals surface area contributed by atoms with E-state index in [-0.39, 0.29) is 18.9 Å². The van der Waals surface area contributed by atoms with Crippen LogP contribution in [0.15, 0.2) is 6.33 Å². The predicted molar refractivity (Wildman–Crippen MR) is 83.3 cm³/mol. The minimum absolute atomic E-state index is 0.0869. The van der Waals surface area contributed by atoms with Gasteiger partial charge in [-0.15, -0.1) is 0 Å². The Morgan fingerprint density at radius 2 is 2.09 bits per heavy atom. The molecular formula is C15H23N5O2. The molecule has 2 N–H and O–H groups in total. The van der Waals surface area contributed by atoms with Crippen molar-refractivity contribution in [3.63, 3.8) is 0 Å². The highest BCUT2D eigenvalue weighted by molar-refractivity contribution is 5.82. The average molecular weight is 305 g/mol. The fourth-order valence-corrected chi connectivity index (χ4v) is 3.20. The number of nitrogens with one attached hydrogen (secondary N) is 1. The van der Waals surface area contributed by atoms with Crippen molar-refractivity contribution in [3.05, 3.63) is 12.2 Å². The topological polar surface area (TPSA) is 85.1 Å². The van der Waals surface area contributed by atoms with Crippen LogP contribution in [-0.2, 0) is 11.3 Å². The van der Waals surface area contributed by atoms with Crippen LogP contribution in [0, 0.1) is 11.8 Å². The van der Waals surface area contributed by atoms with E-state index in [1.807, 2.05) is 4.57 Å². The third kappa shape index (κ3) is 2.24. The van der Waals surface area contributed by atoms with Crippen LogP contribution in [0.2, 0.25) is 0 Å². The molecule has 0 aliphatic carbocycles. The van der Waals surface area contributed by atoms with E-state index in [1.165, 1.54) is 0 Å². The van der Waals surface area contributed by atoms with Crippen molar-refractivity contribution in [3.8, 4) is 0 Å². The smallest absolute Gasteiger partial charge is 0.168 e. The molecule has 2 aromatic rings. The second-order valence-corrected chi connectivity index (χ2v) is 5.91. The molecule has 22 heavy (non-hydrogen) atoms. The highest BCUT2D eigenvalue weighted by Crippen LogP contribution is 2.41. The summed E-state index contributed by atoms with van der Waals surface area (Å²) in [7, 11) is 1.78. The molecule has 3 heterocycles. The largest absolute Gasteiger partial charge is 0.388 e. The SMILES string of the molecule is CC[C@H]1O[C@@H](n2cnc3c(NC)nc(CO)nc32)[C@H](C)[C@@H]1C. The normalized spacial score (nSPS) is 28.4. The molecule has 0 unspecified atom stereocenters. The van der Waals surface area contributed by atoms with Crippen molar-refractivity contribution in [1.29, 1.82) is 0 Å². The lowest BCUT2D eigenvalue weighted by molar-refractivity contribution is -0.0120. The molecule has 4 atom stereocenters. The maximum absolute atomic E-state index is 9.37. The van der Waals surface area contributed by atoms with E-state index >= 15 is 0 Å². The van der Waals surface area contributed by atoms with E-state index in [4.69, 9.17) is 4.74 Å². The molecule has 2 aromatic heterocycles. The van der Waals surface area contributed by atoms with Gasteiger partial charge in [-0.1, -0.05) is 20.8 Å². The quantitative estimate of drug-likeness (QED) is 0.898. The summed E-state index contributed by atoms with van der Waals surface area (Å²) in [6.45, 7) is 6.37. The molecule has 3 rings (SSSR count). The zero-order valence-electron chi connectivity index (χ0n) is 13.4. The van der Waals surface area contributed by atoms with Crippen LogP contribution in [-0.4, -0.2) is 37.8 Å². The van der Waals surface area contributed by atoms with Gasteiger partial charge in [-0.3, -0.25) is 4.57 Å². The number of hydrogen-bond donors (Lipinski definition) is 2. The van der Waals surface area contributed by atoms with Gasteiger partial charge >= 0.3 is 0 Å². The van der Waals surface area contributed by atoms with Crippen molar-refractivity contribution in [1.82, 2.24) is 19.5 Å². The number of aliphatic hydroxyl groups is 1. The van der Waals surface area contributed by atoms with Gasteiger partial charge in [-0.2, -0.15) is 0 Å². The van der Waals surface area contributed by atoms with E-state index in [0.29, 0.717) is 34.6 Å². The van der Waals surface area contributed by atoms with Gasteiger partial charge in [0.15, 0.2) is 22.8 Å². The van der Waals surface area contributed by atoms with Crippen molar-refractivity contribution < 1.29 is 9.84 Å². The summed E-state index contributed by atoms with van der Waals surface area (Å²) >= 11 is 0. The van der Waals surface area contributed by atoms with Gasteiger partial charge < -0.3 is 15.2 Å². The highest BCUT2D eigenvalue weighted by atomic mass is 16.5. The second kappa shape index (κ2) is 5.81. The van der Waals surface area contributed by atoms with Gasteiger partial charge in [0.25, 0.3) is 0 Å². The Morgan fingerprint density at radius 1 is 1.32 bits per heavy atom. The fraction of sp³-hybridized carbons (Fsp3) is 0.667. The van der Waals surface area contributed by atoms with Crippen molar-refractivity contribution in [2.45, 2.75) is 46.1 Å². The zero-order chi connectivity index (χ0) is 15.9. The molecule has 0 bridgehead atoms. The number of aliphatic hydroxyl groups excluding tert-OH is 1. The average Bonchev–Trinajstić information content (AvgIpc) is 3.08. The van der Waals surface area contributed by atoms with Crippen molar-refractivity contribution in [2.75, 3.05) is 12.4 Å². The number of anilines is 1. The van der Waals surface area contributed by atoms with Crippen molar-refractivity contribution in [2.24, 2.45) is 11.8 Å². The monoisotopic (exact) mass is 305 g/mol. The third-order valence-electron chi connectivity index (χ3n) is 4.70. The number of rotatable bonds is 4. The van der Waals surface area contributed by atoms with Crippen molar-refractivity contribution >= 4 is 17.0 Å². The molecule has 1 aliphatic rings. The Morgan fingerprint density at radius 3 is 2.68 bits per heavy atom. The number of aromatic nitrogens is 4. The fourth-order valence-electron chi connectivity index (χ4n) is 3.20. The van der Waals surface area contributed by atoms with Crippen LogP contribution in [0.3, 0.4) is 0 Å². The van der Waals surface area contributed by atoms with Gasteiger partial charge in [0, 0.05) is 13.0 Å². The maximum atomic E-state index is 9.37. The number of imidazole rings is 1. The van der Waals surface area contributed by atoms with Crippen LogP contribution in [0.1, 0.15) is 39.2 Å². The third-order valence-corrected chi connectivity index (χ3v) is 4.70. The van der Waals surface area contributed by atoms with E-state index < -0.39 is 0 Å². The van der Waals surface area contributed by atoms with Gasteiger partial charge in [0.2, 0.25) is 0 Å². The molecule has 7 nitrogen and oxygen atoms in total. The molecule has 0 amide bonds. The summed E-state index contributed by atoms with van der Waals surface area (Å²) in [5.74, 6) is 1.85. The Labute approximate surface area is 129 Å². The molecule has 0 saturated carbocycles. The van der Waals surface area contributed by atoms with E-state index in [0.717, 1.165) is 6.42 Å². The molecular weight excluding hydrogens is 282 g/mol. The van der Waals surface area contributed by atoms with Crippen LogP contribution in [0.5, 0.6) is 0 Å². The lowest BCUT2D eigenvalue weighted by atomic mass is 9.91. The Bertz CT molecular complexity index is 671. The first-order valence-electron chi connectivity index (χ1n) is 7.78. The van der Waals surface area contributed by atoms with E-state index in [2.05, 4.69) is 41.0 Å². The summed E-state index contributed by atoms with van der Waals surface area (Å²) in [5, 5.41) is 12.4. The minimum atomic E-state index is -0.204. The van der Waals surface area contributed by atoms with Gasteiger partial charge in [0.1, 0.15) is 12.8 Å². The second-order valence-electron chi connectivity index (χ2n) is 5.91. The first-order chi connectivity index (χ1) is 10.6. The Kier molecular flexibility index (Phi) is 4.01. The molecule has 0 spiro atoms. The molecule has 0 radical (unpaired) electrons. The number of ether oxygens (including phenoxy) is 1. The minimum Gasteiger partial charge on any atom is -0.388 e. The van der Waals surface area contributed by atoms with Crippen LogP contribution < -0.4 is 5.32 Å². The van der Waals surface area contributed by atoms with Crippen LogP contribution in [0.25, 0.3) is 11.2 Å². The maximum Gasteiger partial charge on any atom is 0.168 e. The summed E-state index contributed by atoms with van der Waals surface area (Å²) in [6.07, 6.45) is 2.91. The summed E-state index contributed by atoms with van der Waals surface area (Å²) in [6, 6.07) is 0. The zero-order valence-corrected chi connectivity index (χ0v) is 13.4. The molecule has 1 saturated heterocycles. The number of hydrogen-bond acceptors (Lipinski definition) is 6. The standard InChI is InChI=1S/C15H23N5O2/c1-5-10-8(2)9(3)15(22-10)20-7-17-12-13(16-4)18-11(6-21)19-14(12)20/h7-10,15,21H,5-6H2,1-4H3,(H,16,18,19)/t8-,9+,10+,15+/m0/s1. The highest BCUT2D eigenvalue weighted by Gasteiger charge is 2.39. The molecule has 7 heteroatoms. The summed E-state index contributed by atoms with van der Waals surface area (Å²) in [4.78, 5) is 13.1. The molecule has 0 aromatic carbocycles. The van der Waals surface area contributed by atoms with Gasteiger partial charge in [-0.05, 0) is 12.3 Å². The van der Waals surface area contributed by atoms with Crippen LogP contribution >= 0.6 is 0 Å². The first kappa shape index (κ1) is 15.2. The van der Waals surface area contributed by atoms with E-state index in [9.17, 15) is 5.11 Å². The molecule has 1 fully saturated rings. The predicted octanol–water partition coefficient (Wildman–Crippen LogP) is 1.94. The summed E-state index contributed by atoms with van der Waals surface area (Å²) < 4.78 is 8.18. The number of fused-ring (bicyclic) bond motifs is 1. The van der Waals surface area contributed by atoms with Gasteiger partial charge in [-0.25, -0.2) is 15.0 Å². The van der Waals surface area contributed by atoms with Gasteiger partial charge in [0.05, 0.1) is 12.4 Å².